The quantitative estimate of drug-likeness (QED) is 0.226. The van der Waals surface area contributed by atoms with Crippen molar-refractivity contribution in [1.82, 2.24) is 19.7 Å². The topological polar surface area (TPSA) is 136 Å². The number of nitrogen functional groups attached to an aromatic ring is 1. The minimum Gasteiger partial charge on any atom is -0.481 e. The SMILES string of the molecule is CC(C)(Cc1ccc([C@]2(C)C(=O)Nc3nc(-c4nn(CCCC(F)(F)F)c5cc(Cl)ccc45)nc(N)c32)cc1)C(=O)O. The summed E-state index contributed by atoms with van der Waals surface area (Å²) in [7, 11) is 0. The fraction of sp³-hybridized carbons (Fsp3) is 0.345. The molecule has 0 bridgehead atoms. The number of nitrogens with two attached hydrogens (primary N) is 1. The van der Waals surface area contributed by atoms with Gasteiger partial charge in [-0.2, -0.15) is 18.3 Å². The van der Waals surface area contributed by atoms with E-state index < -0.39 is 29.4 Å². The van der Waals surface area contributed by atoms with Crippen molar-refractivity contribution in [3.63, 3.8) is 0 Å². The molecule has 42 heavy (non-hydrogen) atoms. The van der Waals surface area contributed by atoms with Crippen LogP contribution >= 0.6 is 11.6 Å². The fourth-order valence-corrected chi connectivity index (χ4v) is 5.41. The van der Waals surface area contributed by atoms with Crippen molar-refractivity contribution in [2.24, 2.45) is 5.41 Å². The van der Waals surface area contributed by atoms with E-state index in [-0.39, 0.29) is 42.0 Å². The summed E-state index contributed by atoms with van der Waals surface area (Å²) in [6.45, 7) is 4.98. The number of hydrogen-bond acceptors (Lipinski definition) is 6. The summed E-state index contributed by atoms with van der Waals surface area (Å²) in [6.07, 6.45) is -5.13. The molecule has 220 valence electrons. The molecule has 0 spiro atoms. The highest BCUT2D eigenvalue weighted by atomic mass is 35.5. The molecule has 1 aliphatic rings. The van der Waals surface area contributed by atoms with Crippen LogP contribution in [0.5, 0.6) is 0 Å². The van der Waals surface area contributed by atoms with E-state index in [0.717, 1.165) is 5.56 Å². The lowest BCUT2D eigenvalue weighted by molar-refractivity contribution is -0.146. The zero-order chi connectivity index (χ0) is 30.6. The number of fused-ring (bicyclic) bond motifs is 2. The number of nitrogens with one attached hydrogen (secondary N) is 1. The van der Waals surface area contributed by atoms with Crippen molar-refractivity contribution < 1.29 is 27.9 Å². The number of halogens is 4. The Morgan fingerprint density at radius 3 is 2.48 bits per heavy atom. The van der Waals surface area contributed by atoms with Crippen LogP contribution in [0.4, 0.5) is 24.8 Å². The lowest BCUT2D eigenvalue weighted by Crippen LogP contribution is -2.33. The molecule has 2 aromatic heterocycles. The Balaban J connectivity index is 1.52. The minimum absolute atomic E-state index is 0.00871. The molecule has 4 aromatic rings. The van der Waals surface area contributed by atoms with E-state index in [1.807, 2.05) is 0 Å². The molecule has 0 radical (unpaired) electrons. The second-order valence-corrected chi connectivity index (χ2v) is 11.7. The first-order valence-electron chi connectivity index (χ1n) is 13.2. The van der Waals surface area contributed by atoms with Gasteiger partial charge in [-0.1, -0.05) is 35.9 Å². The summed E-state index contributed by atoms with van der Waals surface area (Å²) in [6, 6.07) is 12.0. The van der Waals surface area contributed by atoms with E-state index in [4.69, 9.17) is 17.3 Å². The lowest BCUT2D eigenvalue weighted by atomic mass is 9.77. The maximum absolute atomic E-state index is 13.4. The number of aliphatic carboxylic acids is 1. The van der Waals surface area contributed by atoms with E-state index in [1.165, 1.54) is 4.68 Å². The molecule has 0 unspecified atom stereocenters. The third-order valence-corrected chi connectivity index (χ3v) is 7.87. The molecule has 1 amide bonds. The second-order valence-electron chi connectivity index (χ2n) is 11.2. The molecule has 0 saturated carbocycles. The van der Waals surface area contributed by atoms with Gasteiger partial charge in [-0.25, -0.2) is 9.97 Å². The van der Waals surface area contributed by atoms with Gasteiger partial charge in [0.05, 0.1) is 16.5 Å². The van der Waals surface area contributed by atoms with E-state index in [1.54, 1.807) is 63.2 Å². The summed E-state index contributed by atoms with van der Waals surface area (Å²) >= 11 is 6.17. The molecule has 0 aliphatic carbocycles. The van der Waals surface area contributed by atoms with Crippen LogP contribution in [-0.2, 0) is 28.0 Å². The number of hydrogen-bond donors (Lipinski definition) is 3. The number of benzene rings is 2. The molecule has 9 nitrogen and oxygen atoms in total. The molecular formula is C29H28ClF3N6O3. The first-order chi connectivity index (χ1) is 19.6. The van der Waals surface area contributed by atoms with Crippen molar-refractivity contribution in [1.29, 1.82) is 0 Å². The second kappa shape index (κ2) is 10.3. The van der Waals surface area contributed by atoms with Crippen LogP contribution in [0.3, 0.4) is 0 Å². The van der Waals surface area contributed by atoms with Gasteiger partial charge >= 0.3 is 12.1 Å². The molecule has 2 aromatic carbocycles. The van der Waals surface area contributed by atoms with Gasteiger partial charge in [0.25, 0.3) is 0 Å². The van der Waals surface area contributed by atoms with Crippen LogP contribution in [0.2, 0.25) is 5.02 Å². The first-order valence-corrected chi connectivity index (χ1v) is 13.5. The van der Waals surface area contributed by atoms with Gasteiger partial charge in [-0.05, 0) is 62.9 Å². The van der Waals surface area contributed by atoms with Gasteiger partial charge in [0.1, 0.15) is 22.7 Å². The monoisotopic (exact) mass is 600 g/mol. The van der Waals surface area contributed by atoms with Crippen LogP contribution in [0, 0.1) is 5.41 Å². The van der Waals surface area contributed by atoms with Gasteiger partial charge in [0, 0.05) is 23.4 Å². The van der Waals surface area contributed by atoms with Crippen molar-refractivity contribution >= 4 is 46.0 Å². The molecule has 0 saturated heterocycles. The van der Waals surface area contributed by atoms with Crippen molar-refractivity contribution in [3.8, 4) is 11.5 Å². The summed E-state index contributed by atoms with van der Waals surface area (Å²) in [5.41, 5.74) is 6.86. The minimum atomic E-state index is -4.29. The van der Waals surface area contributed by atoms with Gasteiger partial charge in [0.15, 0.2) is 5.82 Å². The number of aryl methyl sites for hydroxylation is 1. The Morgan fingerprint density at radius 1 is 1.14 bits per heavy atom. The highest BCUT2D eigenvalue weighted by Gasteiger charge is 2.47. The number of carbonyl (C=O) groups is 2. The van der Waals surface area contributed by atoms with Crippen molar-refractivity contribution in [2.75, 3.05) is 11.1 Å². The summed E-state index contributed by atoms with van der Waals surface area (Å²) in [5, 5.41) is 17.7. The normalized spacial score (nSPS) is 17.0. The maximum atomic E-state index is 13.4. The molecule has 4 N–H and O–H groups in total. The number of aromatic nitrogens is 4. The van der Waals surface area contributed by atoms with Gasteiger partial charge in [-0.3, -0.25) is 14.3 Å². The molecule has 1 aliphatic heterocycles. The number of carboxylic acids is 1. The van der Waals surface area contributed by atoms with Crippen molar-refractivity contribution in [3.05, 3.63) is 64.2 Å². The maximum Gasteiger partial charge on any atom is 0.389 e. The van der Waals surface area contributed by atoms with Crippen LogP contribution in [0.25, 0.3) is 22.4 Å². The predicted octanol–water partition coefficient (Wildman–Crippen LogP) is 5.98. The smallest absolute Gasteiger partial charge is 0.389 e. The third-order valence-electron chi connectivity index (χ3n) is 7.64. The highest BCUT2D eigenvalue weighted by molar-refractivity contribution is 6.31. The number of carboxylic acid groups (broad SMARTS) is 1. The molecule has 5 rings (SSSR count). The van der Waals surface area contributed by atoms with Crippen LogP contribution in [0.1, 0.15) is 50.3 Å². The van der Waals surface area contributed by atoms with Crippen LogP contribution in [-0.4, -0.2) is 42.9 Å². The Labute approximate surface area is 243 Å². The van der Waals surface area contributed by atoms with E-state index >= 15 is 0 Å². The zero-order valence-electron chi connectivity index (χ0n) is 23.0. The van der Waals surface area contributed by atoms with Crippen LogP contribution in [0.15, 0.2) is 42.5 Å². The Morgan fingerprint density at radius 2 is 1.83 bits per heavy atom. The van der Waals surface area contributed by atoms with Gasteiger partial charge in [0.2, 0.25) is 5.91 Å². The Bertz CT molecular complexity index is 1720. The number of carbonyl (C=O) groups excluding carboxylic acids is 1. The first kappa shape index (κ1) is 29.3. The number of nitrogens with zero attached hydrogens (tertiary/aromatic N) is 4. The van der Waals surface area contributed by atoms with E-state index in [9.17, 15) is 27.9 Å². The third kappa shape index (κ3) is 5.26. The molecule has 1 atom stereocenters. The van der Waals surface area contributed by atoms with Gasteiger partial charge in [-0.15, -0.1) is 0 Å². The summed E-state index contributed by atoms with van der Waals surface area (Å²) in [4.78, 5) is 34.0. The van der Waals surface area contributed by atoms with Crippen molar-refractivity contribution in [2.45, 2.75) is 58.2 Å². The average Bonchev–Trinajstić information content (AvgIpc) is 3.38. The average molecular weight is 601 g/mol. The molecule has 0 fully saturated rings. The molecule has 13 heteroatoms. The number of alkyl halides is 3. The zero-order valence-corrected chi connectivity index (χ0v) is 23.8. The fourth-order valence-electron chi connectivity index (χ4n) is 5.24. The predicted molar refractivity (Wildman–Crippen MR) is 152 cm³/mol. The molecule has 3 heterocycles. The number of amides is 1. The summed E-state index contributed by atoms with van der Waals surface area (Å²) in [5.74, 6) is -0.937. The Hall–Kier alpha value is -4.19. The van der Waals surface area contributed by atoms with Gasteiger partial charge < -0.3 is 16.2 Å². The largest absolute Gasteiger partial charge is 0.481 e. The number of anilines is 2. The van der Waals surface area contributed by atoms with Crippen LogP contribution < -0.4 is 11.1 Å². The lowest BCUT2D eigenvalue weighted by Gasteiger charge is -2.24. The number of rotatable bonds is 8. The molecular weight excluding hydrogens is 573 g/mol. The standard InChI is InChI=1S/C29H28ClF3N6O3/c1-27(2,26(41)42)14-15-5-7-16(8-6-15)28(3)20-22(34)35-24(36-23(20)37-25(28)40)21-18-10-9-17(30)13-19(18)39(38-21)12-4-11-29(31,32)33/h5-10,13H,4,11-12,14H2,1-3H3,(H,41,42)(H3,34,35,36,37,40)/t28-/m0/s1. The Kier molecular flexibility index (Phi) is 7.16. The summed E-state index contributed by atoms with van der Waals surface area (Å²) < 4.78 is 39.7. The van der Waals surface area contributed by atoms with E-state index in [2.05, 4.69) is 20.4 Å². The highest BCUT2D eigenvalue weighted by Crippen LogP contribution is 2.45. The van der Waals surface area contributed by atoms with E-state index in [0.29, 0.717) is 33.5 Å².